The zero-order valence-electron chi connectivity index (χ0n) is 11.3. The summed E-state index contributed by atoms with van der Waals surface area (Å²) in [5, 5.41) is 11.0. The highest BCUT2D eigenvalue weighted by atomic mass is 16.4. The number of carboxylic acid groups (broad SMARTS) is 1. The van der Waals surface area contributed by atoms with Crippen LogP contribution < -0.4 is 5.11 Å². The number of carbonyl (C=O) groups is 1. The fourth-order valence-electron chi connectivity index (χ4n) is 1.99. The number of benzene rings is 2. The molecule has 0 N–H and O–H groups in total. The molecule has 0 radical (unpaired) electrons. The molecular weight excluding hydrogens is 250 g/mol. The molecule has 0 heterocycles. The van der Waals surface area contributed by atoms with Crippen LogP contribution in [0.4, 0.5) is 5.69 Å². The molecule has 2 aromatic carbocycles. The minimum atomic E-state index is -1.20. The van der Waals surface area contributed by atoms with E-state index in [1.165, 1.54) is 11.6 Å². The highest BCUT2D eigenvalue weighted by Crippen LogP contribution is 2.20. The predicted octanol–water partition coefficient (Wildman–Crippen LogP) is 2.95. The molecule has 0 saturated carbocycles. The first-order valence-corrected chi connectivity index (χ1v) is 6.56. The second-order valence-corrected chi connectivity index (χ2v) is 4.66. The predicted molar refractivity (Wildman–Crippen MR) is 78.4 cm³/mol. The molecule has 0 bridgehead atoms. The molecule has 0 amide bonds. The molecule has 1 unspecified atom stereocenters. The van der Waals surface area contributed by atoms with Crippen LogP contribution in [0.2, 0.25) is 0 Å². The molecule has 3 nitrogen and oxygen atoms in total. The fraction of sp³-hybridized carbons (Fsp3) is 0.176. The molecule has 2 rings (SSSR count). The molecule has 0 aromatic heterocycles. The summed E-state index contributed by atoms with van der Waals surface area (Å²) in [6.07, 6.45) is 2.52. The zero-order valence-corrected chi connectivity index (χ0v) is 11.3. The van der Waals surface area contributed by atoms with E-state index in [1.807, 2.05) is 18.2 Å². The van der Waals surface area contributed by atoms with E-state index in [1.54, 1.807) is 24.4 Å². The maximum Gasteiger partial charge on any atom is 0.0737 e. The molecule has 3 heteroatoms. The van der Waals surface area contributed by atoms with Gasteiger partial charge in [0.15, 0.2) is 0 Å². The number of carbonyl (C=O) groups excluding carboxylic acids is 1. The number of rotatable bonds is 5. The molecule has 0 aliphatic rings. The third-order valence-corrected chi connectivity index (χ3v) is 3.18. The summed E-state index contributed by atoms with van der Waals surface area (Å²) >= 11 is 0. The first-order chi connectivity index (χ1) is 9.68. The number of para-hydroxylation sites is 1. The largest absolute Gasteiger partial charge is 0.545 e. The van der Waals surface area contributed by atoms with E-state index in [0.29, 0.717) is 11.6 Å². The normalized spacial score (nSPS) is 12.4. The first kappa shape index (κ1) is 14.0. The van der Waals surface area contributed by atoms with E-state index in [9.17, 15) is 9.90 Å². The van der Waals surface area contributed by atoms with Crippen LogP contribution in [0.5, 0.6) is 0 Å². The minimum absolute atomic E-state index is 0.121. The Hall–Kier alpha value is -2.42. The first-order valence-electron chi connectivity index (χ1n) is 6.56. The maximum atomic E-state index is 11.0. The maximum absolute atomic E-state index is 11.0. The number of carboxylic acids is 1. The van der Waals surface area contributed by atoms with Gasteiger partial charge in [-0.15, -0.1) is 0 Å². The van der Waals surface area contributed by atoms with Crippen molar-refractivity contribution < 1.29 is 9.90 Å². The highest BCUT2D eigenvalue weighted by Gasteiger charge is 2.03. The average molecular weight is 266 g/mol. The van der Waals surface area contributed by atoms with Crippen LogP contribution in [0.1, 0.15) is 35.2 Å². The second kappa shape index (κ2) is 6.66. The Balaban J connectivity index is 2.06. The number of hydrogen-bond donors (Lipinski definition) is 0. The van der Waals surface area contributed by atoms with Gasteiger partial charge in [0, 0.05) is 11.8 Å². The molecule has 1 atom stereocenters. The number of hydrogen-bond acceptors (Lipinski definition) is 3. The van der Waals surface area contributed by atoms with Crippen molar-refractivity contribution in [2.45, 2.75) is 19.3 Å². The average Bonchev–Trinajstić information content (AvgIpc) is 2.48. The lowest BCUT2D eigenvalue weighted by atomic mass is 9.99. The number of aliphatic imine (C=N–C) groups is 1. The topological polar surface area (TPSA) is 52.5 Å². The summed E-state index contributed by atoms with van der Waals surface area (Å²) in [4.78, 5) is 15.2. The minimum Gasteiger partial charge on any atom is -0.545 e. The monoisotopic (exact) mass is 266 g/mol. The van der Waals surface area contributed by atoms with Crippen LogP contribution in [0.15, 0.2) is 59.6 Å². The molecule has 102 valence electrons. The number of aromatic carboxylic acids is 1. The van der Waals surface area contributed by atoms with Crippen molar-refractivity contribution in [3.8, 4) is 0 Å². The van der Waals surface area contributed by atoms with Crippen LogP contribution >= 0.6 is 0 Å². The molecule has 0 spiro atoms. The molecule has 20 heavy (non-hydrogen) atoms. The number of nitrogens with zero attached hydrogens (tertiary/aromatic N) is 1. The van der Waals surface area contributed by atoms with Crippen LogP contribution in [0.25, 0.3) is 0 Å². The lowest BCUT2D eigenvalue weighted by Crippen LogP contribution is -2.22. The summed E-state index contributed by atoms with van der Waals surface area (Å²) in [5.74, 6) is -0.857. The Kier molecular flexibility index (Phi) is 4.66. The Morgan fingerprint density at radius 2 is 1.80 bits per heavy atom. The van der Waals surface area contributed by atoms with Crippen molar-refractivity contribution >= 4 is 17.9 Å². The third-order valence-electron chi connectivity index (χ3n) is 3.18. The molecule has 2 aromatic rings. The van der Waals surface area contributed by atoms with Crippen LogP contribution in [0.3, 0.4) is 0 Å². The molecular formula is C17H16NO2-. The third kappa shape index (κ3) is 3.54. The van der Waals surface area contributed by atoms with Crippen LogP contribution in [0, 0.1) is 0 Å². The van der Waals surface area contributed by atoms with E-state index in [2.05, 4.69) is 24.0 Å². The Morgan fingerprint density at radius 1 is 1.15 bits per heavy atom. The van der Waals surface area contributed by atoms with E-state index in [0.717, 1.165) is 6.42 Å². The van der Waals surface area contributed by atoms with Crippen molar-refractivity contribution in [3.05, 3.63) is 65.7 Å². The zero-order chi connectivity index (χ0) is 14.4. The van der Waals surface area contributed by atoms with Gasteiger partial charge in [0.25, 0.3) is 0 Å². The van der Waals surface area contributed by atoms with Gasteiger partial charge in [-0.3, -0.25) is 4.99 Å². The van der Waals surface area contributed by atoms with Crippen molar-refractivity contribution in [2.75, 3.05) is 0 Å². The van der Waals surface area contributed by atoms with Crippen molar-refractivity contribution in [3.63, 3.8) is 0 Å². The van der Waals surface area contributed by atoms with Gasteiger partial charge in [-0.1, -0.05) is 55.5 Å². The van der Waals surface area contributed by atoms with Gasteiger partial charge in [0.2, 0.25) is 0 Å². The van der Waals surface area contributed by atoms with Crippen LogP contribution in [-0.2, 0) is 0 Å². The van der Waals surface area contributed by atoms with Gasteiger partial charge in [-0.2, -0.15) is 0 Å². The Labute approximate surface area is 118 Å². The highest BCUT2D eigenvalue weighted by molar-refractivity contribution is 5.92. The molecule has 0 saturated heterocycles. The van der Waals surface area contributed by atoms with E-state index in [-0.39, 0.29) is 5.56 Å². The summed E-state index contributed by atoms with van der Waals surface area (Å²) in [5.41, 5.74) is 1.80. The summed E-state index contributed by atoms with van der Waals surface area (Å²) in [6.45, 7) is 2.12. The van der Waals surface area contributed by atoms with Gasteiger partial charge in [-0.05, 0) is 24.0 Å². The lowest BCUT2D eigenvalue weighted by Gasteiger charge is -2.09. The summed E-state index contributed by atoms with van der Waals surface area (Å²) in [7, 11) is 0. The summed E-state index contributed by atoms with van der Waals surface area (Å²) in [6, 6.07) is 16.8. The standard InChI is InChI=1S/C17H17NO2/c1-13(14-7-3-2-4-8-14)11-12-18-16-10-6-5-9-15(16)17(19)20/h2-10,12-13H,11H2,1H3,(H,19,20)/p-1. The van der Waals surface area contributed by atoms with Gasteiger partial charge in [0.05, 0.1) is 11.7 Å². The van der Waals surface area contributed by atoms with Gasteiger partial charge < -0.3 is 9.90 Å². The van der Waals surface area contributed by atoms with E-state index in [4.69, 9.17) is 0 Å². The Bertz CT molecular complexity index is 605. The van der Waals surface area contributed by atoms with Gasteiger partial charge in [-0.25, -0.2) is 0 Å². The summed E-state index contributed by atoms with van der Waals surface area (Å²) < 4.78 is 0. The van der Waals surface area contributed by atoms with E-state index >= 15 is 0 Å². The molecule has 0 aliphatic heterocycles. The van der Waals surface area contributed by atoms with E-state index < -0.39 is 5.97 Å². The quantitative estimate of drug-likeness (QED) is 0.781. The Morgan fingerprint density at radius 3 is 2.50 bits per heavy atom. The smallest absolute Gasteiger partial charge is 0.0737 e. The fourth-order valence-corrected chi connectivity index (χ4v) is 1.99. The van der Waals surface area contributed by atoms with Gasteiger partial charge in [0.1, 0.15) is 0 Å². The van der Waals surface area contributed by atoms with Gasteiger partial charge >= 0.3 is 0 Å². The molecule has 0 fully saturated rings. The van der Waals surface area contributed by atoms with Crippen molar-refractivity contribution in [2.24, 2.45) is 4.99 Å². The van der Waals surface area contributed by atoms with Crippen molar-refractivity contribution in [1.29, 1.82) is 0 Å². The molecule has 0 aliphatic carbocycles. The van der Waals surface area contributed by atoms with Crippen LogP contribution in [-0.4, -0.2) is 12.2 Å². The lowest BCUT2D eigenvalue weighted by molar-refractivity contribution is -0.254. The SMILES string of the molecule is CC(CC=Nc1ccccc1C(=O)[O-])c1ccccc1. The van der Waals surface area contributed by atoms with Crippen molar-refractivity contribution in [1.82, 2.24) is 0 Å². The second-order valence-electron chi connectivity index (χ2n) is 4.66.